The van der Waals surface area contributed by atoms with Crippen LogP contribution in [0.5, 0.6) is 0 Å². The van der Waals surface area contributed by atoms with Crippen LogP contribution in [-0.4, -0.2) is 30.6 Å². The maximum atomic E-state index is 12.1. The van der Waals surface area contributed by atoms with E-state index in [1.54, 1.807) is 6.92 Å². The Hall–Kier alpha value is -2.04. The molecule has 2 N–H and O–H groups in total. The molecule has 5 nitrogen and oxygen atoms in total. The molecule has 0 heterocycles. The van der Waals surface area contributed by atoms with Gasteiger partial charge in [-0.3, -0.25) is 9.59 Å². The van der Waals surface area contributed by atoms with Gasteiger partial charge >= 0.3 is 5.97 Å². The molecule has 0 aliphatic heterocycles. The van der Waals surface area contributed by atoms with Crippen molar-refractivity contribution < 1.29 is 14.3 Å². The molecule has 5 heteroatoms. The Balaban J connectivity index is 1.75. The third kappa shape index (κ3) is 5.55. The van der Waals surface area contributed by atoms with Gasteiger partial charge < -0.3 is 15.4 Å². The average molecular weight is 331 g/mol. The summed E-state index contributed by atoms with van der Waals surface area (Å²) in [5.41, 5.74) is 1.90. The summed E-state index contributed by atoms with van der Waals surface area (Å²) in [5, 5.41) is 6.01. The van der Waals surface area contributed by atoms with Gasteiger partial charge in [-0.1, -0.05) is 37.5 Å². The van der Waals surface area contributed by atoms with E-state index in [0.29, 0.717) is 6.42 Å². The molecule has 1 aliphatic rings. The summed E-state index contributed by atoms with van der Waals surface area (Å²) in [6.45, 7) is 5.50. The molecule has 0 spiro atoms. The monoisotopic (exact) mass is 331 g/mol. The fourth-order valence-electron chi connectivity index (χ4n) is 2.94. The second kappa shape index (κ2) is 9.30. The Kier molecular flexibility index (Phi) is 7.09. The summed E-state index contributed by atoms with van der Waals surface area (Å²) in [4.78, 5) is 24.0. The van der Waals surface area contributed by atoms with Crippen molar-refractivity contribution in [3.8, 4) is 0 Å². The third-order valence-electron chi connectivity index (χ3n) is 4.34. The topological polar surface area (TPSA) is 67.4 Å². The highest BCUT2D eigenvalue weighted by Crippen LogP contribution is 2.17. The van der Waals surface area contributed by atoms with Crippen molar-refractivity contribution in [2.45, 2.75) is 57.6 Å². The number of carbonyl (C=O) groups is 2. The molecule has 1 radical (unpaired) electrons. The maximum absolute atomic E-state index is 12.1. The van der Waals surface area contributed by atoms with Gasteiger partial charge in [-0.25, -0.2) is 0 Å². The predicted molar refractivity (Wildman–Crippen MR) is 94.6 cm³/mol. The van der Waals surface area contributed by atoms with Gasteiger partial charge in [0, 0.05) is 11.7 Å². The molecule has 1 unspecified atom stereocenters. The van der Waals surface area contributed by atoms with Crippen LogP contribution >= 0.6 is 0 Å². The molecule has 0 saturated heterocycles. The fraction of sp³-hybridized carbons (Fsp3) is 0.526. The van der Waals surface area contributed by atoms with Crippen molar-refractivity contribution in [3.05, 3.63) is 36.8 Å². The van der Waals surface area contributed by atoms with E-state index in [2.05, 4.69) is 17.6 Å². The number of carbonyl (C=O) groups excluding carboxylic acids is 2. The van der Waals surface area contributed by atoms with Gasteiger partial charge in [-0.15, -0.1) is 0 Å². The summed E-state index contributed by atoms with van der Waals surface area (Å²) in [5.74, 6) is -0.659. The molecule has 1 atom stereocenters. The van der Waals surface area contributed by atoms with Gasteiger partial charge in [0.2, 0.25) is 0 Å². The lowest BCUT2D eigenvalue weighted by atomic mass is 9.95. The quantitative estimate of drug-likeness (QED) is 0.754. The highest BCUT2D eigenvalue weighted by molar-refractivity contribution is 5.84. The smallest absolute Gasteiger partial charge is 0.326 e. The third-order valence-corrected chi connectivity index (χ3v) is 4.34. The predicted octanol–water partition coefficient (Wildman–Crippen LogP) is 2.86. The van der Waals surface area contributed by atoms with E-state index in [1.807, 2.05) is 24.3 Å². The fourth-order valence-corrected chi connectivity index (χ4v) is 2.94. The molecule has 1 aromatic carbocycles. The Morgan fingerprint density at radius 3 is 2.67 bits per heavy atom. The first-order chi connectivity index (χ1) is 11.6. The summed E-state index contributed by atoms with van der Waals surface area (Å²) >= 11 is 0. The maximum Gasteiger partial charge on any atom is 0.326 e. The zero-order chi connectivity index (χ0) is 17.4. The minimum absolute atomic E-state index is 0.0259. The van der Waals surface area contributed by atoms with Crippen molar-refractivity contribution >= 4 is 17.6 Å². The molecule has 1 amide bonds. The molecular weight excluding hydrogens is 304 g/mol. The molecule has 1 saturated carbocycles. The molecule has 2 rings (SSSR count). The van der Waals surface area contributed by atoms with Crippen LogP contribution in [0.15, 0.2) is 24.3 Å². The molecule has 1 fully saturated rings. The number of para-hydroxylation sites is 1. The first kappa shape index (κ1) is 18.3. The number of esters is 1. The first-order valence-corrected chi connectivity index (χ1v) is 8.71. The largest absolute Gasteiger partial charge is 0.451 e. The second-order valence-electron chi connectivity index (χ2n) is 6.24. The number of ether oxygens (including phenoxy) is 1. The Morgan fingerprint density at radius 2 is 1.96 bits per heavy atom. The van der Waals surface area contributed by atoms with Crippen LogP contribution in [0.4, 0.5) is 5.69 Å². The molecule has 24 heavy (non-hydrogen) atoms. The molecule has 1 aromatic rings. The minimum atomic E-state index is -0.774. The highest BCUT2D eigenvalue weighted by atomic mass is 16.5. The van der Waals surface area contributed by atoms with Crippen molar-refractivity contribution in [1.82, 2.24) is 5.32 Å². The summed E-state index contributed by atoms with van der Waals surface area (Å²) in [6.07, 6.45) is 5.41. The van der Waals surface area contributed by atoms with E-state index < -0.39 is 12.1 Å². The number of hydrogen-bond donors (Lipinski definition) is 2. The molecular formula is C19H27N2O3. The number of nitrogens with one attached hydrogen (secondary N) is 2. The Labute approximate surface area is 144 Å². The van der Waals surface area contributed by atoms with Gasteiger partial charge in [-0.05, 0) is 44.7 Å². The van der Waals surface area contributed by atoms with E-state index in [-0.39, 0.29) is 18.5 Å². The van der Waals surface area contributed by atoms with Crippen LogP contribution in [0.25, 0.3) is 0 Å². The number of amides is 1. The lowest BCUT2D eigenvalue weighted by Gasteiger charge is -2.24. The van der Waals surface area contributed by atoms with Crippen LogP contribution in [0, 0.1) is 6.92 Å². The van der Waals surface area contributed by atoms with E-state index in [1.165, 1.54) is 6.42 Å². The van der Waals surface area contributed by atoms with Crippen LogP contribution in [-0.2, 0) is 20.7 Å². The SMILES string of the molecule is [CH2]Cc1ccccc1NCC(=O)OC(C)C(=O)NC1CCCCC1. The zero-order valence-corrected chi connectivity index (χ0v) is 14.3. The average Bonchev–Trinajstić information content (AvgIpc) is 2.61. The van der Waals surface area contributed by atoms with Crippen LogP contribution in [0.2, 0.25) is 0 Å². The van der Waals surface area contributed by atoms with Gasteiger partial charge in [-0.2, -0.15) is 0 Å². The zero-order valence-electron chi connectivity index (χ0n) is 14.3. The number of anilines is 1. The van der Waals surface area contributed by atoms with E-state index in [0.717, 1.165) is 36.9 Å². The highest BCUT2D eigenvalue weighted by Gasteiger charge is 2.22. The van der Waals surface area contributed by atoms with Crippen LogP contribution < -0.4 is 10.6 Å². The lowest BCUT2D eigenvalue weighted by Crippen LogP contribution is -2.43. The van der Waals surface area contributed by atoms with Gasteiger partial charge in [0.05, 0.1) is 0 Å². The van der Waals surface area contributed by atoms with Gasteiger partial charge in [0.15, 0.2) is 6.10 Å². The van der Waals surface area contributed by atoms with Gasteiger partial charge in [0.25, 0.3) is 5.91 Å². The first-order valence-electron chi connectivity index (χ1n) is 8.71. The standard InChI is InChI=1S/C19H27N2O3/c1-3-15-9-7-8-12-17(15)20-13-18(22)24-14(2)19(23)21-16-10-5-4-6-11-16/h7-9,12,14,16,20H,1,3-6,10-11,13H2,2H3,(H,21,23). The molecule has 0 aromatic heterocycles. The van der Waals surface area contributed by atoms with Crippen molar-refractivity contribution in [1.29, 1.82) is 0 Å². The summed E-state index contributed by atoms with van der Waals surface area (Å²) in [6, 6.07) is 7.90. The second-order valence-corrected chi connectivity index (χ2v) is 6.24. The number of rotatable bonds is 7. The Morgan fingerprint density at radius 1 is 1.25 bits per heavy atom. The van der Waals surface area contributed by atoms with Gasteiger partial charge in [0.1, 0.15) is 6.54 Å². The number of benzene rings is 1. The minimum Gasteiger partial charge on any atom is -0.451 e. The van der Waals surface area contributed by atoms with Crippen molar-refractivity contribution in [2.24, 2.45) is 0 Å². The summed E-state index contributed by atoms with van der Waals surface area (Å²) < 4.78 is 5.22. The van der Waals surface area contributed by atoms with Crippen LogP contribution in [0.3, 0.4) is 0 Å². The van der Waals surface area contributed by atoms with Crippen molar-refractivity contribution in [2.75, 3.05) is 11.9 Å². The van der Waals surface area contributed by atoms with E-state index in [9.17, 15) is 9.59 Å². The molecule has 1 aliphatic carbocycles. The lowest BCUT2D eigenvalue weighted by molar-refractivity contribution is -0.153. The molecule has 131 valence electrons. The number of hydrogen-bond acceptors (Lipinski definition) is 4. The molecule has 0 bridgehead atoms. The van der Waals surface area contributed by atoms with E-state index >= 15 is 0 Å². The summed E-state index contributed by atoms with van der Waals surface area (Å²) in [7, 11) is 0. The normalized spacial score (nSPS) is 16.2. The van der Waals surface area contributed by atoms with E-state index in [4.69, 9.17) is 4.74 Å². The van der Waals surface area contributed by atoms with Crippen molar-refractivity contribution in [3.63, 3.8) is 0 Å². The Bertz CT molecular complexity index is 553. The van der Waals surface area contributed by atoms with Crippen LogP contribution in [0.1, 0.15) is 44.6 Å².